The monoisotopic (exact) mass is 402 g/mol. The number of Topliss-reactive ketones (excluding diaryl/α,β-unsaturated/α-hetero) is 1. The summed E-state index contributed by atoms with van der Waals surface area (Å²) in [5, 5.41) is 3.18. The van der Waals surface area contributed by atoms with Gasteiger partial charge in [-0.3, -0.25) is 4.79 Å². The Kier molecular flexibility index (Phi) is 6.74. The normalized spacial score (nSPS) is 12.5. The molecule has 0 aliphatic heterocycles. The van der Waals surface area contributed by atoms with Gasteiger partial charge in [0.1, 0.15) is 23.2 Å². The number of carbonyl (C=O) groups excluding carboxylic acids is 2. The largest absolute Gasteiger partial charge is 0.550 e. The highest BCUT2D eigenvalue weighted by atomic mass is 31.2. The van der Waals surface area contributed by atoms with Gasteiger partial charge in [0.2, 0.25) is 0 Å². The average Bonchev–Trinajstić information content (AvgIpc) is 2.78. The van der Waals surface area contributed by atoms with Crippen LogP contribution in [-0.2, 0) is 14.3 Å². The van der Waals surface area contributed by atoms with E-state index in [9.17, 15) is 9.59 Å². The Balaban J connectivity index is 2.39. The molecule has 146 valence electrons. The second-order valence-corrected chi connectivity index (χ2v) is 10.1. The number of allylic oxidation sites excluding steroid dienone is 1. The molecule has 4 heteroatoms. The van der Waals surface area contributed by atoms with Crippen molar-refractivity contribution in [3.63, 3.8) is 0 Å². The van der Waals surface area contributed by atoms with Crippen LogP contribution in [-0.4, -0.2) is 24.5 Å². The van der Waals surface area contributed by atoms with E-state index < -0.39 is 18.9 Å². The molecule has 0 N–H and O–H groups in total. The van der Waals surface area contributed by atoms with Crippen LogP contribution < -0.4 is 15.9 Å². The Labute approximate surface area is 172 Å². The number of hydrogen-bond donors (Lipinski definition) is 0. The third kappa shape index (κ3) is 4.21. The summed E-state index contributed by atoms with van der Waals surface area (Å²) in [4.78, 5) is 24.8. The Morgan fingerprint density at radius 3 is 1.48 bits per heavy atom. The van der Waals surface area contributed by atoms with Crippen molar-refractivity contribution in [2.24, 2.45) is 0 Å². The number of ketones is 1. The molecule has 3 rings (SSSR count). The van der Waals surface area contributed by atoms with Crippen LogP contribution in [0.2, 0.25) is 0 Å². The van der Waals surface area contributed by atoms with Gasteiger partial charge < -0.3 is 9.53 Å². The van der Waals surface area contributed by atoms with Crippen LogP contribution in [0.3, 0.4) is 0 Å². The topological polar surface area (TPSA) is 43.4 Å². The van der Waals surface area contributed by atoms with Crippen molar-refractivity contribution in [2.45, 2.75) is 12.6 Å². The minimum atomic E-state index is -2.49. The van der Waals surface area contributed by atoms with Crippen LogP contribution in [0.15, 0.2) is 97.1 Å². The molecule has 3 nitrogen and oxygen atoms in total. The molecule has 0 spiro atoms. The second-order valence-electron chi connectivity index (χ2n) is 6.58. The molecule has 0 aromatic heterocycles. The number of methoxy groups -OCH3 is 1. The average molecular weight is 402 g/mol. The fraction of sp³-hybridized carbons (Fsp3) is 0.120. The van der Waals surface area contributed by atoms with E-state index >= 15 is 0 Å². The second kappa shape index (κ2) is 9.45. The van der Waals surface area contributed by atoms with Crippen molar-refractivity contribution in [1.29, 1.82) is 0 Å². The molecule has 0 heterocycles. The van der Waals surface area contributed by atoms with Gasteiger partial charge in [-0.2, -0.15) is 6.08 Å². The SMILES string of the molecule is COC(=O)C=[C-]C(C(C)=O)[P+](c1ccccc1)(c1ccccc1)c1ccccc1. The lowest BCUT2D eigenvalue weighted by Crippen LogP contribution is -2.41. The zero-order valence-corrected chi connectivity index (χ0v) is 17.4. The van der Waals surface area contributed by atoms with Crippen molar-refractivity contribution in [2.75, 3.05) is 7.11 Å². The lowest BCUT2D eigenvalue weighted by atomic mass is 10.3. The molecule has 3 aromatic rings. The lowest BCUT2D eigenvalue weighted by molar-refractivity contribution is -0.134. The molecule has 0 amide bonds. The summed E-state index contributed by atoms with van der Waals surface area (Å²) in [6, 6.07) is 30.1. The number of ether oxygens (including phenoxy) is 1. The summed E-state index contributed by atoms with van der Waals surface area (Å²) in [6.45, 7) is 1.56. The smallest absolute Gasteiger partial charge is 0.167 e. The van der Waals surface area contributed by atoms with Crippen LogP contribution in [0.4, 0.5) is 0 Å². The minimum absolute atomic E-state index is 0.0463. The van der Waals surface area contributed by atoms with E-state index in [1.54, 1.807) is 6.92 Å². The number of benzene rings is 3. The van der Waals surface area contributed by atoms with Gasteiger partial charge in [-0.25, -0.2) is 6.08 Å². The maximum Gasteiger partial charge on any atom is 0.167 e. The first kappa shape index (κ1) is 20.7. The third-order valence-electron chi connectivity index (χ3n) is 4.82. The summed E-state index contributed by atoms with van der Waals surface area (Å²) in [5.41, 5.74) is -0.617. The predicted molar refractivity (Wildman–Crippen MR) is 119 cm³/mol. The third-order valence-corrected chi connectivity index (χ3v) is 9.45. The van der Waals surface area contributed by atoms with E-state index in [-0.39, 0.29) is 5.78 Å². The van der Waals surface area contributed by atoms with Crippen LogP contribution in [0, 0.1) is 6.08 Å². The summed E-state index contributed by atoms with van der Waals surface area (Å²) >= 11 is 0. The van der Waals surface area contributed by atoms with E-state index in [4.69, 9.17) is 4.74 Å². The molecular formula is C25H23O3P. The molecule has 0 bridgehead atoms. The summed E-state index contributed by atoms with van der Waals surface area (Å²) in [6.07, 6.45) is 4.35. The molecule has 3 aromatic carbocycles. The predicted octanol–water partition coefficient (Wildman–Crippen LogP) is 3.47. The summed E-state index contributed by atoms with van der Waals surface area (Å²) < 4.78 is 4.75. The highest BCUT2D eigenvalue weighted by molar-refractivity contribution is 7.97. The Morgan fingerprint density at radius 1 is 0.793 bits per heavy atom. The molecule has 0 radical (unpaired) electrons. The molecule has 1 atom stereocenters. The van der Waals surface area contributed by atoms with Gasteiger partial charge in [-0.15, -0.1) is 0 Å². The number of carbonyl (C=O) groups is 2. The lowest BCUT2D eigenvalue weighted by Gasteiger charge is -2.34. The number of rotatable bonds is 7. The first-order valence-corrected chi connectivity index (χ1v) is 11.2. The molecule has 0 saturated heterocycles. The van der Waals surface area contributed by atoms with Gasteiger partial charge in [0.15, 0.2) is 11.8 Å². The minimum Gasteiger partial charge on any atom is -0.550 e. The zero-order chi connectivity index (χ0) is 20.7. The standard InChI is InChI=1S/C25H23O3P/c1-20(26)24(18-19-25(27)28-2)29(21-12-6-3-7-13-21,22-14-8-4-9-15-22)23-16-10-5-11-17-23/h3-17,19,24H,1-2H3. The van der Waals surface area contributed by atoms with Gasteiger partial charge in [-0.1, -0.05) is 54.6 Å². The van der Waals surface area contributed by atoms with Crippen molar-refractivity contribution >= 4 is 34.9 Å². The van der Waals surface area contributed by atoms with Gasteiger partial charge in [0.25, 0.3) is 0 Å². The molecule has 0 fully saturated rings. The molecule has 0 saturated carbocycles. The van der Waals surface area contributed by atoms with Crippen LogP contribution >= 0.6 is 7.26 Å². The van der Waals surface area contributed by atoms with Crippen LogP contribution in [0.1, 0.15) is 6.92 Å². The van der Waals surface area contributed by atoms with Crippen molar-refractivity contribution < 1.29 is 14.3 Å². The molecule has 29 heavy (non-hydrogen) atoms. The fourth-order valence-corrected chi connectivity index (χ4v) is 8.15. The first-order valence-electron chi connectivity index (χ1n) is 9.34. The van der Waals surface area contributed by atoms with E-state index in [0.717, 1.165) is 15.9 Å². The maximum atomic E-state index is 13.0. The highest BCUT2D eigenvalue weighted by Crippen LogP contribution is 2.60. The first-order chi connectivity index (χ1) is 14.1. The van der Waals surface area contributed by atoms with Crippen molar-refractivity contribution in [3.8, 4) is 0 Å². The Morgan fingerprint density at radius 2 is 1.17 bits per heavy atom. The van der Waals surface area contributed by atoms with Crippen molar-refractivity contribution in [1.82, 2.24) is 0 Å². The van der Waals surface area contributed by atoms with E-state index in [1.165, 1.54) is 13.2 Å². The molecule has 0 aliphatic carbocycles. The molecule has 0 aliphatic rings. The van der Waals surface area contributed by atoms with Gasteiger partial charge in [-0.05, 0) is 43.3 Å². The van der Waals surface area contributed by atoms with Gasteiger partial charge >= 0.3 is 0 Å². The van der Waals surface area contributed by atoms with Crippen LogP contribution in [0.25, 0.3) is 0 Å². The van der Waals surface area contributed by atoms with Crippen LogP contribution in [0.5, 0.6) is 0 Å². The van der Waals surface area contributed by atoms with E-state index in [2.05, 4.69) is 42.5 Å². The van der Waals surface area contributed by atoms with E-state index in [1.807, 2.05) is 54.6 Å². The Bertz CT molecular complexity index is 886. The van der Waals surface area contributed by atoms with Gasteiger partial charge in [0.05, 0.1) is 12.8 Å². The number of esters is 1. The van der Waals surface area contributed by atoms with Gasteiger partial charge in [0, 0.05) is 0 Å². The summed E-state index contributed by atoms with van der Waals surface area (Å²) in [7, 11) is -1.17. The zero-order valence-electron chi connectivity index (χ0n) is 16.5. The molecule has 1 unspecified atom stereocenters. The molecular weight excluding hydrogens is 379 g/mol. The summed E-state index contributed by atoms with van der Waals surface area (Å²) in [5.74, 6) is -0.571. The Hall–Kier alpha value is -3.03. The van der Waals surface area contributed by atoms with Crippen molar-refractivity contribution in [3.05, 3.63) is 103 Å². The maximum absolute atomic E-state index is 13.0. The fourth-order valence-electron chi connectivity index (χ4n) is 3.59. The number of hydrogen-bond acceptors (Lipinski definition) is 3. The van der Waals surface area contributed by atoms with E-state index in [0.29, 0.717) is 0 Å². The quantitative estimate of drug-likeness (QED) is 0.263. The highest BCUT2D eigenvalue weighted by Gasteiger charge is 2.50.